The number of fused-ring (bicyclic) bond motifs is 1. The number of benzene rings is 2. The zero-order valence-electron chi connectivity index (χ0n) is 14.4. The van der Waals surface area contributed by atoms with Gasteiger partial charge < -0.3 is 19.5 Å². The second-order valence-electron chi connectivity index (χ2n) is 5.65. The third kappa shape index (κ3) is 4.51. The van der Waals surface area contributed by atoms with Crippen molar-refractivity contribution < 1.29 is 14.2 Å². The van der Waals surface area contributed by atoms with Crippen molar-refractivity contribution in [2.24, 2.45) is 0 Å². The molecular formula is C19H23Cl2NO3. The molecule has 6 heteroatoms. The van der Waals surface area contributed by atoms with Crippen molar-refractivity contribution in [2.45, 2.75) is 25.9 Å². The van der Waals surface area contributed by atoms with E-state index in [1.54, 1.807) is 7.11 Å². The van der Waals surface area contributed by atoms with Gasteiger partial charge in [0.15, 0.2) is 11.5 Å². The number of rotatable bonds is 6. The fourth-order valence-electron chi connectivity index (χ4n) is 2.98. The van der Waals surface area contributed by atoms with Crippen LogP contribution in [0.25, 0.3) is 0 Å². The van der Waals surface area contributed by atoms with E-state index < -0.39 is 0 Å². The van der Waals surface area contributed by atoms with Crippen molar-refractivity contribution >= 4 is 24.0 Å². The first-order valence-corrected chi connectivity index (χ1v) is 8.55. The average Bonchev–Trinajstić information content (AvgIpc) is 2.60. The highest BCUT2D eigenvalue weighted by Gasteiger charge is 2.20. The molecule has 0 saturated heterocycles. The van der Waals surface area contributed by atoms with E-state index in [-0.39, 0.29) is 18.4 Å². The van der Waals surface area contributed by atoms with Gasteiger partial charge in [0.25, 0.3) is 0 Å². The Kier molecular flexibility index (Phi) is 7.24. The highest BCUT2D eigenvalue weighted by atomic mass is 35.5. The van der Waals surface area contributed by atoms with Gasteiger partial charge in [-0.05, 0) is 30.7 Å². The van der Waals surface area contributed by atoms with Crippen LogP contribution in [0.5, 0.6) is 17.2 Å². The van der Waals surface area contributed by atoms with E-state index in [9.17, 15) is 0 Å². The molecule has 25 heavy (non-hydrogen) atoms. The van der Waals surface area contributed by atoms with Crippen molar-refractivity contribution in [2.75, 3.05) is 20.3 Å². The average molecular weight is 384 g/mol. The van der Waals surface area contributed by atoms with Crippen LogP contribution in [-0.2, 0) is 6.54 Å². The largest absolute Gasteiger partial charge is 0.493 e. The molecular weight excluding hydrogens is 361 g/mol. The van der Waals surface area contributed by atoms with Gasteiger partial charge in [-0.1, -0.05) is 29.8 Å². The van der Waals surface area contributed by atoms with Gasteiger partial charge in [-0.3, -0.25) is 0 Å². The third-order valence-corrected chi connectivity index (χ3v) is 4.37. The topological polar surface area (TPSA) is 39.7 Å². The molecule has 0 bridgehead atoms. The number of halogens is 2. The van der Waals surface area contributed by atoms with Gasteiger partial charge in [-0.2, -0.15) is 0 Å². The minimum atomic E-state index is 0. The van der Waals surface area contributed by atoms with E-state index in [1.165, 1.54) is 5.56 Å². The predicted molar refractivity (Wildman–Crippen MR) is 103 cm³/mol. The number of nitrogens with one attached hydrogen (secondary N) is 1. The van der Waals surface area contributed by atoms with Crippen molar-refractivity contribution in [1.29, 1.82) is 0 Å². The van der Waals surface area contributed by atoms with Crippen LogP contribution in [0, 0.1) is 0 Å². The Balaban J connectivity index is 0.00000225. The molecule has 0 saturated carbocycles. The van der Waals surface area contributed by atoms with Crippen molar-refractivity contribution in [3.8, 4) is 17.2 Å². The van der Waals surface area contributed by atoms with Gasteiger partial charge in [0.05, 0.1) is 25.3 Å². The first-order valence-electron chi connectivity index (χ1n) is 8.17. The Morgan fingerprint density at radius 2 is 2.08 bits per heavy atom. The van der Waals surface area contributed by atoms with Gasteiger partial charge >= 0.3 is 0 Å². The summed E-state index contributed by atoms with van der Waals surface area (Å²) in [6.07, 6.45) is 0.944. The maximum absolute atomic E-state index is 6.32. The minimum Gasteiger partial charge on any atom is -0.493 e. The Morgan fingerprint density at radius 1 is 1.28 bits per heavy atom. The predicted octanol–water partition coefficient (Wildman–Crippen LogP) is 4.78. The number of hydrogen-bond acceptors (Lipinski definition) is 4. The first-order chi connectivity index (χ1) is 11.7. The first kappa shape index (κ1) is 19.7. The highest BCUT2D eigenvalue weighted by Crippen LogP contribution is 2.37. The quantitative estimate of drug-likeness (QED) is 0.778. The highest BCUT2D eigenvalue weighted by molar-refractivity contribution is 6.32. The van der Waals surface area contributed by atoms with E-state index in [1.807, 2.05) is 37.3 Å². The Hall–Kier alpha value is -1.62. The van der Waals surface area contributed by atoms with Crippen LogP contribution in [-0.4, -0.2) is 20.3 Å². The van der Waals surface area contributed by atoms with Gasteiger partial charge in [0.1, 0.15) is 5.75 Å². The van der Waals surface area contributed by atoms with Gasteiger partial charge in [-0.15, -0.1) is 12.4 Å². The summed E-state index contributed by atoms with van der Waals surface area (Å²) in [5.41, 5.74) is 2.27. The number of methoxy groups -OCH3 is 1. The normalized spacial score (nSPS) is 15.6. The van der Waals surface area contributed by atoms with Crippen molar-refractivity contribution in [1.82, 2.24) is 5.32 Å². The lowest BCUT2D eigenvalue weighted by Crippen LogP contribution is -2.26. The van der Waals surface area contributed by atoms with Gasteiger partial charge in [0, 0.05) is 24.6 Å². The van der Waals surface area contributed by atoms with E-state index in [0.717, 1.165) is 24.3 Å². The molecule has 0 aliphatic carbocycles. The number of hydrogen-bond donors (Lipinski definition) is 1. The lowest BCUT2D eigenvalue weighted by atomic mass is 10.0. The molecule has 1 N–H and O–H groups in total. The molecule has 0 radical (unpaired) electrons. The van der Waals surface area contributed by atoms with Crippen LogP contribution < -0.4 is 19.5 Å². The maximum Gasteiger partial charge on any atom is 0.179 e. The summed E-state index contributed by atoms with van der Waals surface area (Å²) in [4.78, 5) is 0. The second kappa shape index (κ2) is 9.18. The van der Waals surface area contributed by atoms with Crippen LogP contribution in [0.15, 0.2) is 36.4 Å². The molecule has 1 atom stereocenters. The molecule has 1 aliphatic heterocycles. The SMILES string of the molecule is CCOc1cc(CNC2CCOc3ccccc32)cc(Cl)c1OC.Cl. The smallest absolute Gasteiger partial charge is 0.179 e. The lowest BCUT2D eigenvalue weighted by molar-refractivity contribution is 0.252. The van der Waals surface area contributed by atoms with Crippen molar-refractivity contribution in [3.63, 3.8) is 0 Å². The standard InChI is InChI=1S/C19H22ClNO3.ClH/c1-3-23-18-11-13(10-15(20)19(18)22-2)12-21-16-8-9-24-17-7-5-4-6-14(16)17;/h4-7,10-11,16,21H,3,8-9,12H2,1-2H3;1H. The monoisotopic (exact) mass is 383 g/mol. The van der Waals surface area contributed by atoms with E-state index in [2.05, 4.69) is 11.4 Å². The van der Waals surface area contributed by atoms with E-state index >= 15 is 0 Å². The number of para-hydroxylation sites is 1. The fourth-order valence-corrected chi connectivity index (χ4v) is 3.29. The molecule has 3 rings (SSSR count). The second-order valence-corrected chi connectivity index (χ2v) is 6.06. The van der Waals surface area contributed by atoms with E-state index in [0.29, 0.717) is 29.7 Å². The molecule has 136 valence electrons. The van der Waals surface area contributed by atoms with Gasteiger partial charge in [0.2, 0.25) is 0 Å². The summed E-state index contributed by atoms with van der Waals surface area (Å²) >= 11 is 6.32. The molecule has 2 aromatic carbocycles. The summed E-state index contributed by atoms with van der Waals surface area (Å²) in [5.74, 6) is 2.22. The molecule has 1 heterocycles. The molecule has 4 nitrogen and oxygen atoms in total. The molecule has 2 aromatic rings. The van der Waals surface area contributed by atoms with Crippen LogP contribution in [0.1, 0.15) is 30.5 Å². The Bertz CT molecular complexity index is 709. The summed E-state index contributed by atoms with van der Waals surface area (Å²) < 4.78 is 16.7. The molecule has 1 aliphatic rings. The number of ether oxygens (including phenoxy) is 3. The molecule has 1 unspecified atom stereocenters. The molecule has 0 spiro atoms. The summed E-state index contributed by atoms with van der Waals surface area (Å²) in [7, 11) is 1.60. The maximum atomic E-state index is 6.32. The van der Waals surface area contributed by atoms with E-state index in [4.69, 9.17) is 25.8 Å². The zero-order valence-corrected chi connectivity index (χ0v) is 16.0. The Morgan fingerprint density at radius 3 is 2.84 bits per heavy atom. The van der Waals surface area contributed by atoms with Crippen LogP contribution in [0.2, 0.25) is 5.02 Å². The van der Waals surface area contributed by atoms with Crippen LogP contribution in [0.4, 0.5) is 0 Å². The molecule has 0 amide bonds. The Labute approximate surface area is 159 Å². The minimum absolute atomic E-state index is 0. The molecule has 0 fully saturated rings. The summed E-state index contributed by atoms with van der Waals surface area (Å²) in [6.45, 7) is 3.93. The summed E-state index contributed by atoms with van der Waals surface area (Å²) in [5, 5.41) is 4.16. The lowest BCUT2D eigenvalue weighted by Gasteiger charge is -2.27. The zero-order chi connectivity index (χ0) is 16.9. The van der Waals surface area contributed by atoms with Gasteiger partial charge in [-0.25, -0.2) is 0 Å². The third-order valence-electron chi connectivity index (χ3n) is 4.08. The molecule has 0 aromatic heterocycles. The summed E-state index contributed by atoms with van der Waals surface area (Å²) in [6, 6.07) is 12.3. The van der Waals surface area contributed by atoms with Crippen LogP contribution in [0.3, 0.4) is 0 Å². The fraction of sp³-hybridized carbons (Fsp3) is 0.368. The van der Waals surface area contributed by atoms with Crippen LogP contribution >= 0.6 is 24.0 Å². The van der Waals surface area contributed by atoms with Crippen molar-refractivity contribution in [3.05, 3.63) is 52.5 Å².